The van der Waals surface area contributed by atoms with Crippen LogP contribution in [0.5, 0.6) is 0 Å². The zero-order chi connectivity index (χ0) is 15.2. The molecule has 0 aliphatic carbocycles. The van der Waals surface area contributed by atoms with Crippen molar-refractivity contribution in [2.24, 2.45) is 0 Å². The first-order valence-electron chi connectivity index (χ1n) is 6.89. The third-order valence-corrected chi connectivity index (χ3v) is 3.20. The van der Waals surface area contributed by atoms with Crippen molar-refractivity contribution in [3.05, 3.63) is 42.0 Å². The fourth-order valence-corrected chi connectivity index (χ4v) is 2.00. The minimum Gasteiger partial charge on any atom is -0.478 e. The topological polar surface area (TPSA) is 78.6 Å². The summed E-state index contributed by atoms with van der Waals surface area (Å²) in [6.07, 6.45) is 3.00. The molecule has 0 saturated carbocycles. The second-order valence-electron chi connectivity index (χ2n) is 4.54. The molecule has 0 unspecified atom stereocenters. The molecule has 2 heterocycles. The first kappa shape index (κ1) is 14.9. The summed E-state index contributed by atoms with van der Waals surface area (Å²) < 4.78 is 5.17. The Balaban J connectivity index is 1.95. The third kappa shape index (κ3) is 3.75. The van der Waals surface area contributed by atoms with Crippen LogP contribution in [-0.2, 0) is 6.54 Å². The fourth-order valence-electron chi connectivity index (χ4n) is 2.00. The molecule has 0 atom stereocenters. The first-order valence-corrected chi connectivity index (χ1v) is 6.89. The Morgan fingerprint density at radius 3 is 2.67 bits per heavy atom. The lowest BCUT2D eigenvalue weighted by Crippen LogP contribution is -2.22. The minimum absolute atomic E-state index is 0.154. The van der Waals surface area contributed by atoms with E-state index in [9.17, 15) is 4.79 Å². The van der Waals surface area contributed by atoms with E-state index in [4.69, 9.17) is 9.52 Å². The number of carbonyl (C=O) groups is 1. The van der Waals surface area contributed by atoms with E-state index in [2.05, 4.69) is 29.0 Å². The average molecular weight is 289 g/mol. The predicted octanol–water partition coefficient (Wildman–Crippen LogP) is 2.83. The molecule has 0 aromatic carbocycles. The van der Waals surface area contributed by atoms with Gasteiger partial charge >= 0.3 is 5.97 Å². The fraction of sp³-hybridized carbons (Fsp3) is 0.333. The van der Waals surface area contributed by atoms with Crippen molar-refractivity contribution in [1.29, 1.82) is 0 Å². The number of nitrogens with zero attached hydrogens (tertiary/aromatic N) is 2. The maximum absolute atomic E-state index is 10.8. The van der Waals surface area contributed by atoms with E-state index in [0.717, 1.165) is 24.6 Å². The van der Waals surface area contributed by atoms with Crippen LogP contribution in [0.4, 0.5) is 11.5 Å². The molecule has 2 aromatic rings. The van der Waals surface area contributed by atoms with Crippen LogP contribution in [0.15, 0.2) is 35.1 Å². The van der Waals surface area contributed by atoms with Gasteiger partial charge in [-0.1, -0.05) is 0 Å². The van der Waals surface area contributed by atoms with Crippen molar-refractivity contribution in [1.82, 2.24) is 4.98 Å². The van der Waals surface area contributed by atoms with Gasteiger partial charge in [-0.05, 0) is 32.0 Å². The molecule has 0 saturated heterocycles. The number of hydrogen-bond acceptors (Lipinski definition) is 5. The molecule has 0 spiro atoms. The normalized spacial score (nSPS) is 10.4. The molecule has 112 valence electrons. The van der Waals surface area contributed by atoms with Gasteiger partial charge in [0.25, 0.3) is 0 Å². The standard InChI is InChI=1S/C15H19N3O3/c1-3-18(4-2)14-6-5-12(8-17-14)16-9-13-7-11(10-21-13)15(19)20/h5-8,10,16H,3-4,9H2,1-2H3,(H,19,20). The molecule has 6 heteroatoms. The maximum Gasteiger partial charge on any atom is 0.338 e. The highest BCUT2D eigenvalue weighted by atomic mass is 16.4. The van der Waals surface area contributed by atoms with E-state index in [1.165, 1.54) is 12.3 Å². The van der Waals surface area contributed by atoms with Crippen molar-refractivity contribution in [3.8, 4) is 0 Å². The number of aromatic nitrogens is 1. The number of pyridine rings is 1. The van der Waals surface area contributed by atoms with Crippen molar-refractivity contribution >= 4 is 17.5 Å². The molecule has 0 aliphatic rings. The quantitative estimate of drug-likeness (QED) is 0.816. The molecular weight excluding hydrogens is 270 g/mol. The molecule has 0 bridgehead atoms. The molecule has 0 radical (unpaired) electrons. The van der Waals surface area contributed by atoms with Gasteiger partial charge in [0.05, 0.1) is 24.0 Å². The lowest BCUT2D eigenvalue weighted by Gasteiger charge is -2.19. The SMILES string of the molecule is CCN(CC)c1ccc(NCc2cc(C(=O)O)co2)cn1. The minimum atomic E-state index is -0.991. The van der Waals surface area contributed by atoms with Crippen LogP contribution < -0.4 is 10.2 Å². The zero-order valence-electron chi connectivity index (χ0n) is 12.2. The highest BCUT2D eigenvalue weighted by molar-refractivity contribution is 5.87. The lowest BCUT2D eigenvalue weighted by molar-refractivity contribution is 0.0696. The van der Waals surface area contributed by atoms with Crippen LogP contribution >= 0.6 is 0 Å². The van der Waals surface area contributed by atoms with Crippen LogP contribution in [0, 0.1) is 0 Å². The molecule has 0 amide bonds. The number of carboxylic acids is 1. The van der Waals surface area contributed by atoms with Crippen molar-refractivity contribution in [2.45, 2.75) is 20.4 Å². The summed E-state index contributed by atoms with van der Waals surface area (Å²) in [5.74, 6) is 0.521. The number of anilines is 2. The van der Waals surface area contributed by atoms with E-state index in [1.54, 1.807) is 6.20 Å². The van der Waals surface area contributed by atoms with E-state index < -0.39 is 5.97 Å². The second kappa shape index (κ2) is 6.78. The van der Waals surface area contributed by atoms with Crippen LogP contribution in [0.25, 0.3) is 0 Å². The van der Waals surface area contributed by atoms with E-state index in [-0.39, 0.29) is 5.56 Å². The van der Waals surface area contributed by atoms with Crippen molar-refractivity contribution in [3.63, 3.8) is 0 Å². The monoisotopic (exact) mass is 289 g/mol. The summed E-state index contributed by atoms with van der Waals surface area (Å²) in [4.78, 5) is 17.3. The summed E-state index contributed by atoms with van der Waals surface area (Å²) in [6, 6.07) is 5.41. The second-order valence-corrected chi connectivity index (χ2v) is 4.54. The van der Waals surface area contributed by atoms with Crippen molar-refractivity contribution in [2.75, 3.05) is 23.3 Å². The number of hydrogen-bond donors (Lipinski definition) is 2. The summed E-state index contributed by atoms with van der Waals surface area (Å²) in [6.45, 7) is 6.43. The highest BCUT2D eigenvalue weighted by Gasteiger charge is 2.08. The molecule has 2 rings (SSSR count). The summed E-state index contributed by atoms with van der Waals surface area (Å²) in [5, 5.41) is 12.0. The van der Waals surface area contributed by atoms with Crippen LogP contribution in [-0.4, -0.2) is 29.1 Å². The third-order valence-electron chi connectivity index (χ3n) is 3.20. The highest BCUT2D eigenvalue weighted by Crippen LogP contribution is 2.15. The van der Waals surface area contributed by atoms with E-state index in [1.807, 2.05) is 12.1 Å². The Morgan fingerprint density at radius 1 is 1.38 bits per heavy atom. The molecular formula is C15H19N3O3. The predicted molar refractivity (Wildman–Crippen MR) is 80.8 cm³/mol. The molecule has 21 heavy (non-hydrogen) atoms. The maximum atomic E-state index is 10.8. The summed E-state index contributed by atoms with van der Waals surface area (Å²) in [5.41, 5.74) is 1.01. The van der Waals surface area contributed by atoms with Crippen LogP contribution in [0.1, 0.15) is 30.0 Å². The Bertz CT molecular complexity index is 588. The molecule has 0 aliphatic heterocycles. The summed E-state index contributed by atoms with van der Waals surface area (Å²) in [7, 11) is 0. The van der Waals surface area contributed by atoms with Gasteiger partial charge in [0.2, 0.25) is 0 Å². The van der Waals surface area contributed by atoms with Gasteiger partial charge in [-0.2, -0.15) is 0 Å². The van der Waals surface area contributed by atoms with Gasteiger partial charge in [-0.15, -0.1) is 0 Å². The van der Waals surface area contributed by atoms with Gasteiger partial charge in [0, 0.05) is 13.1 Å². The Hall–Kier alpha value is -2.50. The Morgan fingerprint density at radius 2 is 2.14 bits per heavy atom. The number of nitrogens with one attached hydrogen (secondary N) is 1. The molecule has 0 fully saturated rings. The van der Waals surface area contributed by atoms with E-state index in [0.29, 0.717) is 12.3 Å². The van der Waals surface area contributed by atoms with E-state index >= 15 is 0 Å². The molecule has 2 aromatic heterocycles. The summed E-state index contributed by atoms with van der Waals surface area (Å²) >= 11 is 0. The Labute approximate surface area is 123 Å². The largest absolute Gasteiger partial charge is 0.478 e. The average Bonchev–Trinajstić information content (AvgIpc) is 2.97. The van der Waals surface area contributed by atoms with Gasteiger partial charge < -0.3 is 19.7 Å². The number of furan rings is 1. The van der Waals surface area contributed by atoms with Gasteiger partial charge in [-0.25, -0.2) is 9.78 Å². The lowest BCUT2D eigenvalue weighted by atomic mass is 10.3. The first-order chi connectivity index (χ1) is 10.1. The molecule has 6 nitrogen and oxygen atoms in total. The van der Waals surface area contributed by atoms with Gasteiger partial charge in [0.1, 0.15) is 17.8 Å². The number of carboxylic acid groups (broad SMARTS) is 1. The number of aromatic carboxylic acids is 1. The van der Waals surface area contributed by atoms with Gasteiger partial charge in [-0.3, -0.25) is 0 Å². The molecule has 2 N–H and O–H groups in total. The van der Waals surface area contributed by atoms with Crippen LogP contribution in [0.3, 0.4) is 0 Å². The van der Waals surface area contributed by atoms with Crippen LogP contribution in [0.2, 0.25) is 0 Å². The van der Waals surface area contributed by atoms with Crippen molar-refractivity contribution < 1.29 is 14.3 Å². The zero-order valence-corrected chi connectivity index (χ0v) is 12.2. The number of rotatable bonds is 7. The smallest absolute Gasteiger partial charge is 0.338 e. The van der Waals surface area contributed by atoms with Gasteiger partial charge in [0.15, 0.2) is 0 Å². The Kier molecular flexibility index (Phi) is 4.81.